The highest BCUT2D eigenvalue weighted by atomic mass is 35.5. The van der Waals surface area contributed by atoms with Gasteiger partial charge in [-0.05, 0) is 13.3 Å². The summed E-state index contributed by atoms with van der Waals surface area (Å²) < 4.78 is 0. The van der Waals surface area contributed by atoms with Crippen molar-refractivity contribution in [2.45, 2.75) is 31.4 Å². The van der Waals surface area contributed by atoms with Crippen LogP contribution < -0.4 is 0 Å². The van der Waals surface area contributed by atoms with Crippen LogP contribution >= 0.6 is 11.6 Å². The van der Waals surface area contributed by atoms with E-state index in [-0.39, 0.29) is 5.00 Å². The van der Waals surface area contributed by atoms with Crippen molar-refractivity contribution in [3.05, 3.63) is 12.2 Å². The molecule has 1 atom stereocenters. The lowest BCUT2D eigenvalue weighted by atomic mass is 10.4. The number of alkyl halides is 1. The molecule has 14 heavy (non-hydrogen) atoms. The summed E-state index contributed by atoms with van der Waals surface area (Å²) in [6, 6.07) is 0. The monoisotopic (exact) mass is 236 g/mol. The number of hydrogen-bond acceptors (Lipinski definition) is 3. The molecule has 0 aromatic carbocycles. The molecule has 0 aliphatic rings. The maximum absolute atomic E-state index is 10.9. The van der Waals surface area contributed by atoms with Crippen LogP contribution in [0.4, 0.5) is 0 Å². The molecule has 0 amide bonds. The first-order valence-electron chi connectivity index (χ1n) is 4.58. The van der Waals surface area contributed by atoms with E-state index < -0.39 is 14.8 Å². The van der Waals surface area contributed by atoms with Gasteiger partial charge in [-0.1, -0.05) is 19.7 Å². The van der Waals surface area contributed by atoms with Gasteiger partial charge in [0.25, 0.3) is 0 Å². The molecule has 5 heteroatoms. The van der Waals surface area contributed by atoms with Crippen molar-refractivity contribution in [1.29, 1.82) is 0 Å². The van der Waals surface area contributed by atoms with Crippen molar-refractivity contribution in [3.8, 4) is 0 Å². The van der Waals surface area contributed by atoms with Crippen LogP contribution in [-0.4, -0.2) is 26.4 Å². The minimum atomic E-state index is -0.824. The maximum Gasteiger partial charge on any atom is 0.368 e. The van der Waals surface area contributed by atoms with Crippen LogP contribution in [-0.2, 0) is 14.6 Å². The fourth-order valence-corrected chi connectivity index (χ4v) is 1.55. The molecule has 0 radical (unpaired) electrons. The number of hydrogen-bond donors (Lipinski definition) is 0. The van der Waals surface area contributed by atoms with Crippen LogP contribution in [0.15, 0.2) is 12.2 Å². The Morgan fingerprint density at radius 2 is 2.14 bits per heavy atom. The predicted octanol–water partition coefficient (Wildman–Crippen LogP) is 2.06. The Hall–Kier alpha value is -0.323. The molecule has 3 nitrogen and oxygen atoms in total. The third-order valence-corrected chi connectivity index (χ3v) is 5.19. The largest absolute Gasteiger partial charge is 0.368 e. The maximum atomic E-state index is 10.9. The molecule has 0 saturated heterocycles. The molecule has 0 aromatic heterocycles. The molecule has 0 rings (SSSR count). The van der Waals surface area contributed by atoms with Gasteiger partial charge in [0, 0.05) is 10.6 Å². The van der Waals surface area contributed by atoms with Crippen molar-refractivity contribution < 1.29 is 14.6 Å². The quantitative estimate of drug-likeness (QED) is 0.177. The average Bonchev–Trinajstić information content (AvgIpc) is 2.11. The highest BCUT2D eigenvalue weighted by molar-refractivity contribution is 6.67. The van der Waals surface area contributed by atoms with Gasteiger partial charge in [0.15, 0.2) is 0 Å². The van der Waals surface area contributed by atoms with Gasteiger partial charge in [0.2, 0.25) is 0 Å². The molecule has 1 unspecified atom stereocenters. The van der Waals surface area contributed by atoms with Crippen molar-refractivity contribution in [1.82, 2.24) is 0 Å². The summed E-state index contributed by atoms with van der Waals surface area (Å²) in [5.41, 5.74) is 0.325. The van der Waals surface area contributed by atoms with Gasteiger partial charge in [-0.25, -0.2) is 4.79 Å². The lowest BCUT2D eigenvalue weighted by molar-refractivity contribution is -0.268. The topological polar surface area (TPSA) is 35.5 Å². The standard InChI is InChI=1S/C9H17ClO3Si/c1-7(2)9(11)13-12-6-5-8(10)14(3)4/h8,14H,1,5-6H2,2-4H3. The van der Waals surface area contributed by atoms with Crippen LogP contribution in [0.1, 0.15) is 13.3 Å². The van der Waals surface area contributed by atoms with E-state index in [1.54, 1.807) is 6.92 Å². The zero-order chi connectivity index (χ0) is 11.1. The summed E-state index contributed by atoms with van der Waals surface area (Å²) >= 11 is 6.02. The molecule has 0 fully saturated rings. The molecule has 0 bridgehead atoms. The van der Waals surface area contributed by atoms with E-state index in [0.717, 1.165) is 6.42 Å². The summed E-state index contributed by atoms with van der Waals surface area (Å²) in [5, 5.41) is 0.179. The molecular formula is C9H17ClO3Si. The Bertz CT molecular complexity index is 206. The lowest BCUT2D eigenvalue weighted by Crippen LogP contribution is -2.20. The SMILES string of the molecule is C=C(C)C(=O)OOCCC(Cl)[SiH](C)C. The highest BCUT2D eigenvalue weighted by Gasteiger charge is 2.11. The summed E-state index contributed by atoms with van der Waals surface area (Å²) in [7, 11) is -0.824. The molecular weight excluding hydrogens is 220 g/mol. The van der Waals surface area contributed by atoms with Crippen LogP contribution in [0.2, 0.25) is 13.1 Å². The zero-order valence-corrected chi connectivity index (χ0v) is 10.8. The van der Waals surface area contributed by atoms with Gasteiger partial charge in [-0.15, -0.1) is 11.6 Å². The fraction of sp³-hybridized carbons (Fsp3) is 0.667. The Morgan fingerprint density at radius 3 is 2.57 bits per heavy atom. The molecule has 0 aliphatic heterocycles. The summed E-state index contributed by atoms with van der Waals surface area (Å²) in [6.45, 7) is 9.66. The van der Waals surface area contributed by atoms with Gasteiger partial charge in [0.1, 0.15) is 0 Å². The van der Waals surface area contributed by atoms with E-state index in [2.05, 4.69) is 24.6 Å². The average molecular weight is 237 g/mol. The van der Waals surface area contributed by atoms with Crippen LogP contribution in [0.25, 0.3) is 0 Å². The van der Waals surface area contributed by atoms with Crippen LogP contribution in [0, 0.1) is 0 Å². The third-order valence-electron chi connectivity index (χ3n) is 1.68. The van der Waals surface area contributed by atoms with Gasteiger partial charge in [0.05, 0.1) is 15.4 Å². The molecule has 0 heterocycles. The van der Waals surface area contributed by atoms with E-state index in [1.807, 2.05) is 0 Å². The summed E-state index contributed by atoms with van der Waals surface area (Å²) in [5.74, 6) is -0.530. The van der Waals surface area contributed by atoms with Crippen molar-refractivity contribution in [3.63, 3.8) is 0 Å². The number of carbonyl (C=O) groups is 1. The van der Waals surface area contributed by atoms with Crippen molar-refractivity contribution in [2.75, 3.05) is 6.61 Å². The molecule has 0 aromatic rings. The molecule has 0 spiro atoms. The molecule has 0 aliphatic carbocycles. The lowest BCUT2D eigenvalue weighted by Gasteiger charge is -2.10. The Labute approximate surface area is 91.6 Å². The Morgan fingerprint density at radius 1 is 1.57 bits per heavy atom. The molecule has 82 valence electrons. The minimum absolute atomic E-state index is 0.179. The van der Waals surface area contributed by atoms with Crippen LogP contribution in [0.3, 0.4) is 0 Å². The summed E-state index contributed by atoms with van der Waals surface area (Å²) in [4.78, 5) is 20.0. The number of carbonyl (C=O) groups excluding carboxylic acids is 1. The second-order valence-corrected chi connectivity index (χ2v) is 7.80. The Balaban J connectivity index is 3.47. The predicted molar refractivity (Wildman–Crippen MR) is 60.0 cm³/mol. The highest BCUT2D eigenvalue weighted by Crippen LogP contribution is 2.07. The number of rotatable bonds is 6. The fourth-order valence-electron chi connectivity index (χ4n) is 0.660. The normalized spacial score (nSPS) is 12.6. The second kappa shape index (κ2) is 7.03. The minimum Gasteiger partial charge on any atom is -0.293 e. The number of halogens is 1. The van der Waals surface area contributed by atoms with Crippen molar-refractivity contribution in [2.24, 2.45) is 0 Å². The third kappa shape index (κ3) is 6.18. The Kier molecular flexibility index (Phi) is 6.87. The van der Waals surface area contributed by atoms with Gasteiger partial charge in [-0.2, -0.15) is 4.89 Å². The first-order chi connectivity index (χ1) is 6.45. The van der Waals surface area contributed by atoms with E-state index in [4.69, 9.17) is 16.5 Å². The van der Waals surface area contributed by atoms with Crippen LogP contribution in [0.5, 0.6) is 0 Å². The van der Waals surface area contributed by atoms with Crippen molar-refractivity contribution >= 4 is 26.4 Å². The van der Waals surface area contributed by atoms with E-state index >= 15 is 0 Å². The van der Waals surface area contributed by atoms with Gasteiger partial charge >= 0.3 is 5.97 Å². The summed E-state index contributed by atoms with van der Waals surface area (Å²) in [6.07, 6.45) is 0.717. The molecule has 0 saturated carbocycles. The van der Waals surface area contributed by atoms with E-state index in [1.165, 1.54) is 0 Å². The van der Waals surface area contributed by atoms with E-state index in [9.17, 15) is 4.79 Å². The smallest absolute Gasteiger partial charge is 0.293 e. The first-order valence-corrected chi connectivity index (χ1v) is 7.99. The van der Waals surface area contributed by atoms with Gasteiger partial charge < -0.3 is 0 Å². The second-order valence-electron chi connectivity index (χ2n) is 3.52. The zero-order valence-electron chi connectivity index (χ0n) is 8.88. The van der Waals surface area contributed by atoms with Gasteiger partial charge in [-0.3, -0.25) is 4.89 Å². The molecule has 0 N–H and O–H groups in total. The van der Waals surface area contributed by atoms with E-state index in [0.29, 0.717) is 12.2 Å². The first kappa shape index (κ1) is 13.7.